The number of nitrogens with zero attached hydrogens (tertiary/aromatic N) is 1. The Hall–Kier alpha value is -0.870. The molecule has 2 aromatic rings. The van der Waals surface area contributed by atoms with Crippen LogP contribution in [0.15, 0.2) is 33.7 Å². The fourth-order valence-corrected chi connectivity index (χ4v) is 2.63. The van der Waals surface area contributed by atoms with Crippen molar-refractivity contribution in [2.45, 2.75) is 0 Å². The quantitative estimate of drug-likeness (QED) is 0.850. The molecule has 0 amide bonds. The van der Waals surface area contributed by atoms with Crippen molar-refractivity contribution in [1.29, 1.82) is 0 Å². The monoisotopic (exact) mass is 254 g/mol. The highest BCUT2D eigenvalue weighted by molar-refractivity contribution is 9.10. The van der Waals surface area contributed by atoms with E-state index in [4.69, 9.17) is 5.73 Å². The van der Waals surface area contributed by atoms with Gasteiger partial charge in [-0.15, -0.1) is 0 Å². The van der Waals surface area contributed by atoms with Gasteiger partial charge in [-0.2, -0.15) is 11.3 Å². The second-order valence-corrected chi connectivity index (χ2v) is 4.19. The Morgan fingerprint density at radius 1 is 1.31 bits per heavy atom. The molecule has 0 aliphatic heterocycles. The van der Waals surface area contributed by atoms with Gasteiger partial charge >= 0.3 is 0 Å². The maximum Gasteiger partial charge on any atom is 0.0580 e. The summed E-state index contributed by atoms with van der Waals surface area (Å²) in [5, 5.41) is 4.10. The minimum Gasteiger partial charge on any atom is -0.397 e. The predicted molar refractivity (Wildman–Crippen MR) is 59.7 cm³/mol. The summed E-state index contributed by atoms with van der Waals surface area (Å²) in [6, 6.07) is 1.92. The Morgan fingerprint density at radius 3 is 2.77 bits per heavy atom. The van der Waals surface area contributed by atoms with E-state index in [1.807, 2.05) is 11.4 Å². The summed E-state index contributed by atoms with van der Waals surface area (Å²) in [5.41, 5.74) is 8.67. The van der Waals surface area contributed by atoms with Gasteiger partial charge in [-0.25, -0.2) is 0 Å². The van der Waals surface area contributed by atoms with Gasteiger partial charge in [0.2, 0.25) is 0 Å². The van der Waals surface area contributed by atoms with Crippen molar-refractivity contribution < 1.29 is 0 Å². The van der Waals surface area contributed by atoms with Crippen molar-refractivity contribution >= 4 is 33.0 Å². The molecule has 0 radical (unpaired) electrons. The van der Waals surface area contributed by atoms with Gasteiger partial charge in [-0.05, 0) is 27.4 Å². The van der Waals surface area contributed by atoms with Crippen molar-refractivity contribution in [2.24, 2.45) is 0 Å². The zero-order valence-corrected chi connectivity index (χ0v) is 9.10. The van der Waals surface area contributed by atoms with E-state index in [2.05, 4.69) is 26.3 Å². The van der Waals surface area contributed by atoms with Gasteiger partial charge in [0, 0.05) is 27.2 Å². The molecular formula is C9H7BrN2S. The number of hydrogen-bond acceptors (Lipinski definition) is 3. The minimum absolute atomic E-state index is 0.710. The second kappa shape index (κ2) is 3.47. The average Bonchev–Trinajstić information content (AvgIpc) is 2.52. The van der Waals surface area contributed by atoms with Crippen LogP contribution in [0.25, 0.3) is 11.1 Å². The largest absolute Gasteiger partial charge is 0.397 e. The van der Waals surface area contributed by atoms with E-state index in [1.165, 1.54) is 0 Å². The van der Waals surface area contributed by atoms with E-state index in [1.54, 1.807) is 23.7 Å². The molecule has 0 spiro atoms. The van der Waals surface area contributed by atoms with Crippen LogP contribution in [-0.4, -0.2) is 4.98 Å². The maximum atomic E-state index is 5.80. The Kier molecular flexibility index (Phi) is 2.33. The van der Waals surface area contributed by atoms with E-state index >= 15 is 0 Å². The van der Waals surface area contributed by atoms with Crippen LogP contribution in [-0.2, 0) is 0 Å². The van der Waals surface area contributed by atoms with Crippen LogP contribution >= 0.6 is 27.3 Å². The SMILES string of the molecule is Nc1cnccc1-c1cscc1Br. The average molecular weight is 255 g/mol. The Bertz CT molecular complexity index is 425. The van der Waals surface area contributed by atoms with Crippen molar-refractivity contribution in [3.8, 4) is 11.1 Å². The fourth-order valence-electron chi connectivity index (χ4n) is 1.13. The van der Waals surface area contributed by atoms with Crippen molar-refractivity contribution in [3.63, 3.8) is 0 Å². The summed E-state index contributed by atoms with van der Waals surface area (Å²) < 4.78 is 1.08. The third-order valence-corrected chi connectivity index (χ3v) is 3.46. The van der Waals surface area contributed by atoms with Gasteiger partial charge in [-0.1, -0.05) is 0 Å². The molecule has 0 bridgehead atoms. The van der Waals surface area contributed by atoms with Crippen molar-refractivity contribution in [3.05, 3.63) is 33.7 Å². The Balaban J connectivity index is 2.59. The number of nitrogen functional groups attached to an aromatic ring is 1. The van der Waals surface area contributed by atoms with E-state index in [-0.39, 0.29) is 0 Å². The van der Waals surface area contributed by atoms with Gasteiger partial charge in [0.05, 0.1) is 11.9 Å². The van der Waals surface area contributed by atoms with Gasteiger partial charge in [0.15, 0.2) is 0 Å². The molecule has 2 rings (SSSR count). The highest BCUT2D eigenvalue weighted by atomic mass is 79.9. The normalized spacial score (nSPS) is 10.2. The zero-order valence-electron chi connectivity index (χ0n) is 6.70. The number of rotatable bonds is 1. The lowest BCUT2D eigenvalue weighted by Crippen LogP contribution is -1.89. The van der Waals surface area contributed by atoms with Gasteiger partial charge in [0.1, 0.15) is 0 Å². The summed E-state index contributed by atoms with van der Waals surface area (Å²) in [4.78, 5) is 3.95. The molecule has 0 aliphatic rings. The molecule has 66 valence electrons. The van der Waals surface area contributed by atoms with Crippen LogP contribution in [0, 0.1) is 0 Å². The third kappa shape index (κ3) is 1.59. The van der Waals surface area contributed by atoms with Gasteiger partial charge in [-0.3, -0.25) is 4.98 Å². The lowest BCUT2D eigenvalue weighted by Gasteiger charge is -2.02. The van der Waals surface area contributed by atoms with Crippen LogP contribution in [0.3, 0.4) is 0 Å². The number of hydrogen-bond donors (Lipinski definition) is 1. The summed E-state index contributed by atoms with van der Waals surface area (Å²) in [6.07, 6.45) is 3.41. The van der Waals surface area contributed by atoms with Gasteiger partial charge in [0.25, 0.3) is 0 Å². The maximum absolute atomic E-state index is 5.80. The molecule has 2 nitrogen and oxygen atoms in total. The first kappa shape index (κ1) is 8.72. The summed E-state index contributed by atoms with van der Waals surface area (Å²) in [7, 11) is 0. The molecule has 0 aliphatic carbocycles. The number of halogens is 1. The number of pyridine rings is 1. The van der Waals surface area contributed by atoms with E-state index in [0.29, 0.717) is 5.69 Å². The highest BCUT2D eigenvalue weighted by Crippen LogP contribution is 2.34. The highest BCUT2D eigenvalue weighted by Gasteiger charge is 2.06. The summed E-state index contributed by atoms with van der Waals surface area (Å²) >= 11 is 5.12. The van der Waals surface area contributed by atoms with Crippen LogP contribution in [0.1, 0.15) is 0 Å². The molecule has 4 heteroatoms. The standard InChI is InChI=1S/C9H7BrN2S/c10-8-5-13-4-7(8)6-1-2-12-3-9(6)11/h1-5H,11H2. The molecule has 2 N–H and O–H groups in total. The molecule has 2 aromatic heterocycles. The molecular weight excluding hydrogens is 248 g/mol. The second-order valence-electron chi connectivity index (χ2n) is 2.60. The van der Waals surface area contributed by atoms with Crippen LogP contribution < -0.4 is 5.73 Å². The van der Waals surface area contributed by atoms with E-state index in [9.17, 15) is 0 Å². The summed E-state index contributed by atoms with van der Waals surface area (Å²) in [5.74, 6) is 0. The van der Waals surface area contributed by atoms with Crippen LogP contribution in [0.2, 0.25) is 0 Å². The number of thiophene rings is 1. The smallest absolute Gasteiger partial charge is 0.0580 e. The topological polar surface area (TPSA) is 38.9 Å². The molecule has 2 heterocycles. The Labute approximate surface area is 88.6 Å². The number of anilines is 1. The van der Waals surface area contributed by atoms with Crippen molar-refractivity contribution in [2.75, 3.05) is 5.73 Å². The molecule has 0 saturated heterocycles. The fraction of sp³-hybridized carbons (Fsp3) is 0. The Morgan fingerprint density at radius 2 is 2.15 bits per heavy atom. The van der Waals surface area contributed by atoms with Crippen LogP contribution in [0.5, 0.6) is 0 Å². The summed E-state index contributed by atoms with van der Waals surface area (Å²) in [6.45, 7) is 0. The van der Waals surface area contributed by atoms with Crippen molar-refractivity contribution in [1.82, 2.24) is 4.98 Å². The first-order valence-electron chi connectivity index (χ1n) is 3.70. The molecule has 0 fully saturated rings. The first-order chi connectivity index (χ1) is 6.29. The molecule has 0 saturated carbocycles. The number of aromatic nitrogens is 1. The van der Waals surface area contributed by atoms with Crippen LogP contribution in [0.4, 0.5) is 5.69 Å². The molecule has 0 aromatic carbocycles. The lowest BCUT2D eigenvalue weighted by molar-refractivity contribution is 1.33. The number of nitrogens with two attached hydrogens (primary N) is 1. The molecule has 13 heavy (non-hydrogen) atoms. The molecule has 0 unspecified atom stereocenters. The minimum atomic E-state index is 0.710. The predicted octanol–water partition coefficient (Wildman–Crippen LogP) is 3.15. The third-order valence-electron chi connectivity index (χ3n) is 1.76. The van der Waals surface area contributed by atoms with Gasteiger partial charge < -0.3 is 5.73 Å². The van der Waals surface area contributed by atoms with E-state index in [0.717, 1.165) is 15.6 Å². The lowest BCUT2D eigenvalue weighted by atomic mass is 10.1. The zero-order chi connectivity index (χ0) is 9.26. The molecule has 0 atom stereocenters. The first-order valence-corrected chi connectivity index (χ1v) is 5.44. The van der Waals surface area contributed by atoms with E-state index < -0.39 is 0 Å².